The summed E-state index contributed by atoms with van der Waals surface area (Å²) in [6, 6.07) is 3.78. The van der Waals surface area contributed by atoms with Gasteiger partial charge in [-0.3, -0.25) is 4.90 Å². The minimum atomic E-state index is -0.401. The third kappa shape index (κ3) is 3.70. The second-order valence-corrected chi connectivity index (χ2v) is 6.36. The lowest BCUT2D eigenvalue weighted by Gasteiger charge is -2.41. The van der Waals surface area contributed by atoms with Crippen molar-refractivity contribution in [1.29, 1.82) is 0 Å². The lowest BCUT2D eigenvalue weighted by molar-refractivity contribution is -0.00786. The SMILES string of the molecule is CC(C)(C(O)Cc1ccnc(N)c1)N1CCCCCC1. The highest BCUT2D eigenvalue weighted by Gasteiger charge is 2.34. The van der Waals surface area contributed by atoms with E-state index < -0.39 is 6.10 Å². The Morgan fingerprint density at radius 2 is 1.95 bits per heavy atom. The van der Waals surface area contributed by atoms with Gasteiger partial charge in [-0.05, 0) is 57.5 Å². The number of aromatic nitrogens is 1. The number of aliphatic hydroxyl groups excluding tert-OH is 1. The minimum absolute atomic E-state index is 0.206. The first-order chi connectivity index (χ1) is 9.50. The van der Waals surface area contributed by atoms with Crippen LogP contribution in [0.25, 0.3) is 0 Å². The first-order valence-corrected chi connectivity index (χ1v) is 7.63. The highest BCUT2D eigenvalue weighted by Crippen LogP contribution is 2.25. The summed E-state index contributed by atoms with van der Waals surface area (Å²) in [5.74, 6) is 0.516. The van der Waals surface area contributed by atoms with Crippen molar-refractivity contribution < 1.29 is 5.11 Å². The van der Waals surface area contributed by atoms with Crippen molar-refractivity contribution in [2.24, 2.45) is 0 Å². The zero-order valence-corrected chi connectivity index (χ0v) is 12.7. The van der Waals surface area contributed by atoms with E-state index in [1.165, 1.54) is 25.7 Å². The monoisotopic (exact) mass is 277 g/mol. The molecular formula is C16H27N3O. The maximum Gasteiger partial charge on any atom is 0.123 e. The van der Waals surface area contributed by atoms with Crippen LogP contribution < -0.4 is 5.73 Å². The molecule has 1 saturated heterocycles. The van der Waals surface area contributed by atoms with Crippen molar-refractivity contribution in [2.45, 2.75) is 57.6 Å². The molecule has 0 radical (unpaired) electrons. The predicted molar refractivity (Wildman–Crippen MR) is 82.5 cm³/mol. The lowest BCUT2D eigenvalue weighted by atomic mass is 9.90. The van der Waals surface area contributed by atoms with Crippen molar-refractivity contribution in [3.8, 4) is 0 Å². The number of aliphatic hydroxyl groups is 1. The summed E-state index contributed by atoms with van der Waals surface area (Å²) in [6.45, 7) is 6.46. The molecule has 112 valence electrons. The minimum Gasteiger partial charge on any atom is -0.391 e. The summed E-state index contributed by atoms with van der Waals surface area (Å²) < 4.78 is 0. The molecule has 1 aromatic heterocycles. The fourth-order valence-corrected chi connectivity index (χ4v) is 2.95. The van der Waals surface area contributed by atoms with Crippen molar-refractivity contribution in [2.75, 3.05) is 18.8 Å². The maximum absolute atomic E-state index is 10.7. The summed E-state index contributed by atoms with van der Waals surface area (Å²) in [5, 5.41) is 10.7. The molecule has 0 saturated carbocycles. The van der Waals surface area contributed by atoms with Crippen LogP contribution in [0, 0.1) is 0 Å². The van der Waals surface area contributed by atoms with Crippen LogP contribution >= 0.6 is 0 Å². The van der Waals surface area contributed by atoms with Gasteiger partial charge in [-0.25, -0.2) is 4.98 Å². The number of nitrogen functional groups attached to an aromatic ring is 1. The second kappa shape index (κ2) is 6.55. The molecule has 1 fully saturated rings. The molecule has 0 aromatic carbocycles. The maximum atomic E-state index is 10.7. The molecule has 1 atom stereocenters. The summed E-state index contributed by atoms with van der Waals surface area (Å²) in [7, 11) is 0. The fraction of sp³-hybridized carbons (Fsp3) is 0.688. The van der Waals surface area contributed by atoms with E-state index in [0.29, 0.717) is 12.2 Å². The van der Waals surface area contributed by atoms with Crippen molar-refractivity contribution in [3.05, 3.63) is 23.9 Å². The molecule has 3 N–H and O–H groups in total. The van der Waals surface area contributed by atoms with Crippen LogP contribution in [0.1, 0.15) is 45.1 Å². The highest BCUT2D eigenvalue weighted by atomic mass is 16.3. The zero-order valence-electron chi connectivity index (χ0n) is 12.7. The number of rotatable bonds is 4. The summed E-state index contributed by atoms with van der Waals surface area (Å²) >= 11 is 0. The van der Waals surface area contributed by atoms with Gasteiger partial charge in [0.05, 0.1) is 6.10 Å². The van der Waals surface area contributed by atoms with Crippen LogP contribution in [0.15, 0.2) is 18.3 Å². The molecule has 2 rings (SSSR count). The highest BCUT2D eigenvalue weighted by molar-refractivity contribution is 5.32. The number of hydrogen-bond donors (Lipinski definition) is 2. The van der Waals surface area contributed by atoms with Gasteiger partial charge < -0.3 is 10.8 Å². The van der Waals surface area contributed by atoms with Gasteiger partial charge in [0.1, 0.15) is 5.82 Å². The standard InChI is InChI=1S/C16H27N3O/c1-16(2,19-9-5-3-4-6-10-19)14(20)11-13-7-8-18-15(17)12-13/h7-8,12,14,20H,3-6,9-11H2,1-2H3,(H2,17,18). The number of hydrogen-bond acceptors (Lipinski definition) is 4. The molecule has 1 aromatic rings. The zero-order chi connectivity index (χ0) is 14.6. The van der Waals surface area contributed by atoms with E-state index in [9.17, 15) is 5.11 Å². The Bertz CT molecular complexity index is 425. The molecule has 1 aliphatic heterocycles. The van der Waals surface area contributed by atoms with Crippen molar-refractivity contribution >= 4 is 5.82 Å². The Morgan fingerprint density at radius 3 is 2.55 bits per heavy atom. The van der Waals surface area contributed by atoms with E-state index in [1.54, 1.807) is 6.20 Å². The molecule has 0 amide bonds. The predicted octanol–water partition coefficient (Wildman–Crippen LogP) is 2.22. The molecular weight excluding hydrogens is 250 g/mol. The van der Waals surface area contributed by atoms with Gasteiger partial charge in [0, 0.05) is 18.2 Å². The molecule has 0 aliphatic carbocycles. The van der Waals surface area contributed by atoms with E-state index in [0.717, 1.165) is 18.7 Å². The van der Waals surface area contributed by atoms with Gasteiger partial charge in [0.25, 0.3) is 0 Å². The normalized spacial score (nSPS) is 19.6. The molecule has 4 heteroatoms. The fourth-order valence-electron chi connectivity index (χ4n) is 2.95. The molecule has 1 aliphatic rings. The van der Waals surface area contributed by atoms with Crippen molar-refractivity contribution in [3.63, 3.8) is 0 Å². The van der Waals surface area contributed by atoms with E-state index >= 15 is 0 Å². The van der Waals surface area contributed by atoms with E-state index in [2.05, 4.69) is 23.7 Å². The van der Waals surface area contributed by atoms with Gasteiger partial charge >= 0.3 is 0 Å². The van der Waals surface area contributed by atoms with Crippen LogP contribution in [0.3, 0.4) is 0 Å². The van der Waals surface area contributed by atoms with E-state index in [-0.39, 0.29) is 5.54 Å². The summed E-state index contributed by atoms with van der Waals surface area (Å²) in [4.78, 5) is 6.44. The first kappa shape index (κ1) is 15.3. The van der Waals surface area contributed by atoms with Crippen molar-refractivity contribution in [1.82, 2.24) is 9.88 Å². The molecule has 0 spiro atoms. The first-order valence-electron chi connectivity index (χ1n) is 7.63. The van der Waals surface area contributed by atoms with Crippen LogP contribution in [-0.4, -0.2) is 39.7 Å². The van der Waals surface area contributed by atoms with E-state index in [4.69, 9.17) is 5.73 Å². The number of likely N-dealkylation sites (tertiary alicyclic amines) is 1. The number of nitrogens with two attached hydrogens (primary N) is 1. The van der Waals surface area contributed by atoms with Gasteiger partial charge in [-0.15, -0.1) is 0 Å². The third-order valence-corrected chi connectivity index (χ3v) is 4.51. The Kier molecular flexibility index (Phi) is 5.00. The topological polar surface area (TPSA) is 62.4 Å². The van der Waals surface area contributed by atoms with Crippen LogP contribution in [0.5, 0.6) is 0 Å². The van der Waals surface area contributed by atoms with Gasteiger partial charge in [-0.2, -0.15) is 0 Å². The van der Waals surface area contributed by atoms with Gasteiger partial charge in [0.15, 0.2) is 0 Å². The number of anilines is 1. The van der Waals surface area contributed by atoms with Crippen LogP contribution in [0.4, 0.5) is 5.82 Å². The average Bonchev–Trinajstić information content (AvgIpc) is 2.67. The van der Waals surface area contributed by atoms with Gasteiger partial charge in [-0.1, -0.05) is 12.8 Å². The molecule has 1 unspecified atom stereocenters. The Labute approximate surface area is 122 Å². The third-order valence-electron chi connectivity index (χ3n) is 4.51. The Morgan fingerprint density at radius 1 is 1.30 bits per heavy atom. The van der Waals surface area contributed by atoms with Crippen LogP contribution in [-0.2, 0) is 6.42 Å². The summed E-state index contributed by atoms with van der Waals surface area (Å²) in [5.41, 5.74) is 6.55. The molecule has 0 bridgehead atoms. The quantitative estimate of drug-likeness (QED) is 0.886. The Balaban J connectivity index is 2.03. The molecule has 20 heavy (non-hydrogen) atoms. The lowest BCUT2D eigenvalue weighted by Crippen LogP contribution is -2.53. The van der Waals surface area contributed by atoms with E-state index in [1.807, 2.05) is 12.1 Å². The number of pyridine rings is 1. The molecule has 4 nitrogen and oxygen atoms in total. The second-order valence-electron chi connectivity index (χ2n) is 6.36. The smallest absolute Gasteiger partial charge is 0.123 e. The van der Waals surface area contributed by atoms with Crippen LogP contribution in [0.2, 0.25) is 0 Å². The Hall–Kier alpha value is -1.13. The molecule has 2 heterocycles. The summed E-state index contributed by atoms with van der Waals surface area (Å²) in [6.07, 6.45) is 7.01. The average molecular weight is 277 g/mol. The number of nitrogens with zero attached hydrogens (tertiary/aromatic N) is 2. The largest absolute Gasteiger partial charge is 0.391 e. The van der Waals surface area contributed by atoms with Gasteiger partial charge in [0.2, 0.25) is 0 Å².